The van der Waals surface area contributed by atoms with Crippen molar-refractivity contribution in [2.45, 2.75) is 6.54 Å². The SMILES string of the molecule is Cn1cc(Cn2cc(-c3cccc(N)c3)cn2)nn1. The molecule has 0 saturated carbocycles. The van der Waals surface area contributed by atoms with Crippen LogP contribution in [0, 0.1) is 0 Å². The maximum absolute atomic E-state index is 5.78. The summed E-state index contributed by atoms with van der Waals surface area (Å²) in [5, 5.41) is 12.3. The maximum atomic E-state index is 5.78. The van der Waals surface area contributed by atoms with Gasteiger partial charge in [-0.1, -0.05) is 17.3 Å². The van der Waals surface area contributed by atoms with E-state index in [1.165, 1.54) is 0 Å². The molecule has 6 heteroatoms. The lowest BCUT2D eigenvalue weighted by atomic mass is 10.1. The number of rotatable bonds is 3. The fourth-order valence-corrected chi connectivity index (χ4v) is 1.95. The number of nitrogen functional groups attached to an aromatic ring is 1. The van der Waals surface area contributed by atoms with Crippen LogP contribution in [0.4, 0.5) is 5.69 Å². The van der Waals surface area contributed by atoms with Crippen molar-refractivity contribution in [3.05, 3.63) is 48.5 Å². The molecule has 0 aliphatic carbocycles. The van der Waals surface area contributed by atoms with E-state index in [9.17, 15) is 0 Å². The van der Waals surface area contributed by atoms with E-state index in [-0.39, 0.29) is 0 Å². The van der Waals surface area contributed by atoms with E-state index in [0.29, 0.717) is 6.54 Å². The van der Waals surface area contributed by atoms with E-state index in [1.54, 1.807) is 4.68 Å². The molecule has 3 aromatic rings. The summed E-state index contributed by atoms with van der Waals surface area (Å²) in [6.45, 7) is 0.607. The Kier molecular flexibility index (Phi) is 2.75. The van der Waals surface area contributed by atoms with Gasteiger partial charge in [-0.05, 0) is 17.7 Å². The summed E-state index contributed by atoms with van der Waals surface area (Å²) in [6.07, 6.45) is 5.68. The zero-order valence-corrected chi connectivity index (χ0v) is 10.6. The van der Waals surface area contributed by atoms with Crippen LogP contribution >= 0.6 is 0 Å². The molecule has 0 radical (unpaired) electrons. The van der Waals surface area contributed by atoms with Crippen molar-refractivity contribution in [3.8, 4) is 11.1 Å². The van der Waals surface area contributed by atoms with Crippen LogP contribution in [0.2, 0.25) is 0 Å². The van der Waals surface area contributed by atoms with E-state index in [0.717, 1.165) is 22.5 Å². The standard InChI is InChI=1S/C13H14N6/c1-18-8-13(16-17-18)9-19-7-11(6-15-19)10-3-2-4-12(14)5-10/h2-8H,9,14H2,1H3. The van der Waals surface area contributed by atoms with Crippen molar-refractivity contribution in [1.29, 1.82) is 0 Å². The van der Waals surface area contributed by atoms with Gasteiger partial charge in [0.1, 0.15) is 5.69 Å². The predicted molar refractivity (Wildman–Crippen MR) is 72.2 cm³/mol. The van der Waals surface area contributed by atoms with Crippen molar-refractivity contribution < 1.29 is 0 Å². The van der Waals surface area contributed by atoms with Crippen LogP contribution in [0.1, 0.15) is 5.69 Å². The minimum absolute atomic E-state index is 0.607. The predicted octanol–water partition coefficient (Wildman–Crippen LogP) is 1.31. The van der Waals surface area contributed by atoms with E-state index in [1.807, 2.05) is 54.6 Å². The van der Waals surface area contributed by atoms with Crippen LogP contribution in [0.15, 0.2) is 42.9 Å². The van der Waals surface area contributed by atoms with Gasteiger partial charge in [0.2, 0.25) is 0 Å². The van der Waals surface area contributed by atoms with Gasteiger partial charge < -0.3 is 5.73 Å². The zero-order valence-electron chi connectivity index (χ0n) is 10.6. The summed E-state index contributed by atoms with van der Waals surface area (Å²) in [6, 6.07) is 7.75. The van der Waals surface area contributed by atoms with Crippen LogP contribution in [0.25, 0.3) is 11.1 Å². The van der Waals surface area contributed by atoms with Crippen molar-refractivity contribution in [3.63, 3.8) is 0 Å². The third-order valence-corrected chi connectivity index (χ3v) is 2.83. The molecule has 0 unspecified atom stereocenters. The molecule has 96 valence electrons. The van der Waals surface area contributed by atoms with Gasteiger partial charge >= 0.3 is 0 Å². The second-order valence-electron chi connectivity index (χ2n) is 4.44. The second kappa shape index (κ2) is 4.56. The topological polar surface area (TPSA) is 74.5 Å². The van der Waals surface area contributed by atoms with Crippen LogP contribution in [0.3, 0.4) is 0 Å². The Balaban J connectivity index is 1.83. The third-order valence-electron chi connectivity index (χ3n) is 2.83. The molecule has 0 amide bonds. The highest BCUT2D eigenvalue weighted by molar-refractivity contribution is 5.65. The van der Waals surface area contributed by atoms with E-state index in [4.69, 9.17) is 5.73 Å². The highest BCUT2D eigenvalue weighted by Crippen LogP contribution is 2.20. The van der Waals surface area contributed by atoms with Gasteiger partial charge in [-0.3, -0.25) is 9.36 Å². The number of aromatic nitrogens is 5. The molecule has 0 atom stereocenters. The highest BCUT2D eigenvalue weighted by Gasteiger charge is 2.04. The van der Waals surface area contributed by atoms with Gasteiger partial charge in [-0.15, -0.1) is 5.10 Å². The summed E-state index contributed by atoms with van der Waals surface area (Å²) >= 11 is 0. The average molecular weight is 254 g/mol. The average Bonchev–Trinajstić information content (AvgIpc) is 2.99. The van der Waals surface area contributed by atoms with Gasteiger partial charge in [-0.25, -0.2) is 0 Å². The van der Waals surface area contributed by atoms with Gasteiger partial charge in [0.15, 0.2) is 0 Å². The largest absolute Gasteiger partial charge is 0.399 e. The van der Waals surface area contributed by atoms with Crippen molar-refractivity contribution in [2.75, 3.05) is 5.73 Å². The fraction of sp³-hybridized carbons (Fsp3) is 0.154. The summed E-state index contributed by atoms with van der Waals surface area (Å²) in [5.74, 6) is 0. The Bertz CT molecular complexity index is 696. The second-order valence-corrected chi connectivity index (χ2v) is 4.44. The molecule has 0 fully saturated rings. The van der Waals surface area contributed by atoms with Crippen LogP contribution < -0.4 is 5.73 Å². The monoisotopic (exact) mass is 254 g/mol. The quantitative estimate of drug-likeness (QED) is 0.715. The van der Waals surface area contributed by atoms with E-state index >= 15 is 0 Å². The first-order valence-corrected chi connectivity index (χ1v) is 5.94. The molecule has 2 N–H and O–H groups in total. The Morgan fingerprint density at radius 1 is 1.21 bits per heavy atom. The summed E-state index contributed by atoms with van der Waals surface area (Å²) in [7, 11) is 1.85. The first-order valence-electron chi connectivity index (χ1n) is 5.94. The van der Waals surface area contributed by atoms with Gasteiger partial charge in [0, 0.05) is 30.7 Å². The minimum atomic E-state index is 0.607. The van der Waals surface area contributed by atoms with E-state index in [2.05, 4.69) is 15.4 Å². The third kappa shape index (κ3) is 2.47. The highest BCUT2D eigenvalue weighted by atomic mass is 15.4. The molecule has 0 spiro atoms. The Hall–Kier alpha value is -2.63. The zero-order chi connectivity index (χ0) is 13.2. The smallest absolute Gasteiger partial charge is 0.104 e. The van der Waals surface area contributed by atoms with Gasteiger partial charge in [0.25, 0.3) is 0 Å². The maximum Gasteiger partial charge on any atom is 0.104 e. The summed E-state index contributed by atoms with van der Waals surface area (Å²) < 4.78 is 3.51. The minimum Gasteiger partial charge on any atom is -0.399 e. The summed E-state index contributed by atoms with van der Waals surface area (Å²) in [4.78, 5) is 0. The normalized spacial score (nSPS) is 10.8. The van der Waals surface area contributed by atoms with E-state index < -0.39 is 0 Å². The van der Waals surface area contributed by atoms with Gasteiger partial charge in [0.05, 0.1) is 12.7 Å². The summed E-state index contributed by atoms with van der Waals surface area (Å²) in [5.41, 5.74) is 9.51. The Morgan fingerprint density at radius 2 is 2.11 bits per heavy atom. The number of hydrogen-bond acceptors (Lipinski definition) is 4. The van der Waals surface area contributed by atoms with Crippen molar-refractivity contribution in [2.24, 2.45) is 7.05 Å². The number of nitrogens with two attached hydrogens (primary N) is 1. The molecular weight excluding hydrogens is 240 g/mol. The Labute approximate surface area is 110 Å². The van der Waals surface area contributed by atoms with Crippen LogP contribution in [-0.4, -0.2) is 24.8 Å². The number of anilines is 1. The molecule has 0 aliphatic heterocycles. The van der Waals surface area contributed by atoms with Crippen LogP contribution in [-0.2, 0) is 13.6 Å². The number of benzene rings is 1. The molecule has 6 nitrogen and oxygen atoms in total. The lowest BCUT2D eigenvalue weighted by Crippen LogP contribution is -1.99. The lowest BCUT2D eigenvalue weighted by molar-refractivity contribution is 0.667. The molecule has 2 aromatic heterocycles. The molecule has 19 heavy (non-hydrogen) atoms. The van der Waals surface area contributed by atoms with Crippen molar-refractivity contribution >= 4 is 5.69 Å². The number of nitrogens with zero attached hydrogens (tertiary/aromatic N) is 5. The molecule has 2 heterocycles. The van der Waals surface area contributed by atoms with Crippen LogP contribution in [0.5, 0.6) is 0 Å². The lowest BCUT2D eigenvalue weighted by Gasteiger charge is -1.98. The molecule has 0 saturated heterocycles. The molecular formula is C13H14N6. The van der Waals surface area contributed by atoms with Crippen molar-refractivity contribution in [1.82, 2.24) is 24.8 Å². The van der Waals surface area contributed by atoms with Gasteiger partial charge in [-0.2, -0.15) is 5.10 Å². The Morgan fingerprint density at radius 3 is 2.84 bits per heavy atom. The fourth-order valence-electron chi connectivity index (χ4n) is 1.95. The number of aryl methyl sites for hydroxylation is 1. The molecule has 0 aliphatic rings. The first kappa shape index (κ1) is 11.5. The first-order chi connectivity index (χ1) is 9.20. The molecule has 3 rings (SSSR count). The number of hydrogen-bond donors (Lipinski definition) is 1. The molecule has 1 aromatic carbocycles. The molecule has 0 bridgehead atoms.